The summed E-state index contributed by atoms with van der Waals surface area (Å²) in [4.78, 5) is 25.4. The molecule has 1 aliphatic rings. The van der Waals surface area contributed by atoms with Crippen molar-refractivity contribution in [2.24, 2.45) is 5.92 Å². The second-order valence-electron chi connectivity index (χ2n) is 5.27. The van der Waals surface area contributed by atoms with E-state index in [0.717, 1.165) is 32.2 Å². The van der Waals surface area contributed by atoms with Crippen LogP contribution in [0.25, 0.3) is 0 Å². The minimum atomic E-state index is -0.237. The topological polar surface area (TPSA) is 58.6 Å². The van der Waals surface area contributed by atoms with Crippen LogP contribution in [-0.4, -0.2) is 49.6 Å². The van der Waals surface area contributed by atoms with Gasteiger partial charge in [-0.05, 0) is 26.2 Å². The van der Waals surface area contributed by atoms with Crippen molar-refractivity contribution < 1.29 is 14.3 Å². The van der Waals surface area contributed by atoms with Gasteiger partial charge in [-0.3, -0.25) is 14.5 Å². The standard InChI is InChI=1S/C14H26N2O3/c1-4-5-8-15-14(18)12-7-6-11(2)16(9-12)10-13(17)19-3/h11-12H,4-10H2,1-3H3,(H,15,18)/t11-,12-/m1/s1. The van der Waals surface area contributed by atoms with Crippen LogP contribution in [0.1, 0.15) is 39.5 Å². The normalized spacial score (nSPS) is 23.9. The first-order chi connectivity index (χ1) is 9.08. The highest BCUT2D eigenvalue weighted by Gasteiger charge is 2.30. The predicted molar refractivity (Wildman–Crippen MR) is 73.7 cm³/mol. The summed E-state index contributed by atoms with van der Waals surface area (Å²) in [5.74, 6) is -0.119. The summed E-state index contributed by atoms with van der Waals surface area (Å²) in [6.07, 6.45) is 3.94. The van der Waals surface area contributed by atoms with E-state index in [4.69, 9.17) is 4.74 Å². The Bertz CT molecular complexity index is 307. The lowest BCUT2D eigenvalue weighted by Crippen LogP contribution is -2.48. The first-order valence-electron chi connectivity index (χ1n) is 7.17. The molecule has 5 nitrogen and oxygen atoms in total. The third-order valence-corrected chi connectivity index (χ3v) is 3.77. The maximum absolute atomic E-state index is 12.0. The highest BCUT2D eigenvalue weighted by molar-refractivity contribution is 5.79. The van der Waals surface area contributed by atoms with Crippen molar-refractivity contribution >= 4 is 11.9 Å². The molecule has 1 saturated heterocycles. The van der Waals surface area contributed by atoms with Crippen molar-refractivity contribution in [1.82, 2.24) is 10.2 Å². The summed E-state index contributed by atoms with van der Waals surface area (Å²) >= 11 is 0. The average Bonchev–Trinajstić information content (AvgIpc) is 2.41. The summed E-state index contributed by atoms with van der Waals surface area (Å²) < 4.78 is 4.70. The lowest BCUT2D eigenvalue weighted by molar-refractivity contribution is -0.144. The number of hydrogen-bond donors (Lipinski definition) is 1. The molecule has 1 fully saturated rings. The van der Waals surface area contributed by atoms with Crippen molar-refractivity contribution in [3.05, 3.63) is 0 Å². The number of esters is 1. The molecule has 0 bridgehead atoms. The molecular weight excluding hydrogens is 244 g/mol. The molecule has 1 amide bonds. The molecule has 0 aliphatic carbocycles. The molecule has 5 heteroatoms. The minimum Gasteiger partial charge on any atom is -0.468 e. The molecule has 110 valence electrons. The Labute approximate surface area is 115 Å². The van der Waals surface area contributed by atoms with Gasteiger partial charge in [0.1, 0.15) is 0 Å². The van der Waals surface area contributed by atoms with E-state index in [9.17, 15) is 9.59 Å². The number of nitrogens with one attached hydrogen (secondary N) is 1. The van der Waals surface area contributed by atoms with Gasteiger partial charge in [0.05, 0.1) is 19.6 Å². The van der Waals surface area contributed by atoms with E-state index in [0.29, 0.717) is 12.6 Å². The summed E-state index contributed by atoms with van der Waals surface area (Å²) in [6.45, 7) is 5.86. The molecule has 0 aromatic carbocycles. The summed E-state index contributed by atoms with van der Waals surface area (Å²) in [5, 5.41) is 2.97. The highest BCUT2D eigenvalue weighted by Crippen LogP contribution is 2.21. The Morgan fingerprint density at radius 1 is 1.37 bits per heavy atom. The Morgan fingerprint density at radius 2 is 2.11 bits per heavy atom. The molecule has 0 aromatic heterocycles. The largest absolute Gasteiger partial charge is 0.468 e. The van der Waals surface area contributed by atoms with Crippen molar-refractivity contribution in [2.45, 2.75) is 45.6 Å². The Hall–Kier alpha value is -1.10. The first kappa shape index (κ1) is 16.0. The zero-order valence-electron chi connectivity index (χ0n) is 12.3. The lowest BCUT2D eigenvalue weighted by Gasteiger charge is -2.36. The second-order valence-corrected chi connectivity index (χ2v) is 5.27. The Balaban J connectivity index is 2.44. The minimum absolute atomic E-state index is 0.00212. The Morgan fingerprint density at radius 3 is 2.74 bits per heavy atom. The monoisotopic (exact) mass is 270 g/mol. The fraction of sp³-hybridized carbons (Fsp3) is 0.857. The van der Waals surface area contributed by atoms with Crippen molar-refractivity contribution in [3.63, 3.8) is 0 Å². The number of rotatable bonds is 6. The van der Waals surface area contributed by atoms with Gasteiger partial charge in [-0.25, -0.2) is 0 Å². The first-order valence-corrected chi connectivity index (χ1v) is 7.17. The van der Waals surface area contributed by atoms with Gasteiger partial charge < -0.3 is 10.1 Å². The number of amides is 1. The van der Waals surface area contributed by atoms with Gasteiger partial charge >= 0.3 is 5.97 Å². The third-order valence-electron chi connectivity index (χ3n) is 3.77. The van der Waals surface area contributed by atoms with Gasteiger partial charge in [0.25, 0.3) is 0 Å². The average molecular weight is 270 g/mol. The van der Waals surface area contributed by atoms with Gasteiger partial charge in [-0.2, -0.15) is 0 Å². The van der Waals surface area contributed by atoms with E-state index >= 15 is 0 Å². The van der Waals surface area contributed by atoms with Crippen LogP contribution in [0, 0.1) is 5.92 Å². The van der Waals surface area contributed by atoms with E-state index in [1.165, 1.54) is 7.11 Å². The van der Waals surface area contributed by atoms with Crippen LogP contribution >= 0.6 is 0 Å². The fourth-order valence-corrected chi connectivity index (χ4v) is 2.38. The highest BCUT2D eigenvalue weighted by atomic mass is 16.5. The molecule has 19 heavy (non-hydrogen) atoms. The quantitative estimate of drug-likeness (QED) is 0.581. The van der Waals surface area contributed by atoms with E-state index in [1.54, 1.807) is 0 Å². The Kier molecular flexibility index (Phi) is 6.84. The van der Waals surface area contributed by atoms with Crippen LogP contribution < -0.4 is 5.32 Å². The number of likely N-dealkylation sites (tertiary alicyclic amines) is 1. The van der Waals surface area contributed by atoms with Crippen LogP contribution in [0.4, 0.5) is 0 Å². The smallest absolute Gasteiger partial charge is 0.319 e. The number of ether oxygens (including phenoxy) is 1. The molecule has 1 aliphatic heterocycles. The van der Waals surface area contributed by atoms with Gasteiger partial charge in [0.15, 0.2) is 0 Å². The van der Waals surface area contributed by atoms with Gasteiger partial charge in [-0.1, -0.05) is 13.3 Å². The van der Waals surface area contributed by atoms with Crippen LogP contribution in [0.5, 0.6) is 0 Å². The number of carbonyl (C=O) groups is 2. The summed E-state index contributed by atoms with van der Waals surface area (Å²) in [5.41, 5.74) is 0. The summed E-state index contributed by atoms with van der Waals surface area (Å²) in [6, 6.07) is 0.332. The fourth-order valence-electron chi connectivity index (χ4n) is 2.38. The van der Waals surface area contributed by atoms with Crippen LogP contribution in [0.3, 0.4) is 0 Å². The SMILES string of the molecule is CCCCNC(=O)[C@@H]1CC[C@@H](C)N(CC(=O)OC)C1. The maximum Gasteiger partial charge on any atom is 0.319 e. The van der Waals surface area contributed by atoms with Crippen molar-refractivity contribution in [1.29, 1.82) is 0 Å². The third kappa shape index (κ3) is 5.19. The van der Waals surface area contributed by atoms with Crippen LogP contribution in [0.2, 0.25) is 0 Å². The number of methoxy groups -OCH3 is 1. The molecule has 0 saturated carbocycles. The predicted octanol–water partition coefficient (Wildman–Crippen LogP) is 1.18. The number of piperidine rings is 1. The summed E-state index contributed by atoms with van der Waals surface area (Å²) in [7, 11) is 1.39. The van der Waals surface area contributed by atoms with Crippen LogP contribution in [-0.2, 0) is 14.3 Å². The van der Waals surface area contributed by atoms with Gasteiger partial charge in [0.2, 0.25) is 5.91 Å². The molecule has 0 spiro atoms. The van der Waals surface area contributed by atoms with Crippen LogP contribution in [0.15, 0.2) is 0 Å². The molecule has 0 unspecified atom stereocenters. The van der Waals surface area contributed by atoms with E-state index < -0.39 is 0 Å². The number of carbonyl (C=O) groups excluding carboxylic acids is 2. The number of hydrogen-bond acceptors (Lipinski definition) is 4. The second kappa shape index (κ2) is 8.15. The number of nitrogens with zero attached hydrogens (tertiary/aromatic N) is 1. The molecule has 1 heterocycles. The van der Waals surface area contributed by atoms with E-state index in [-0.39, 0.29) is 24.3 Å². The van der Waals surface area contributed by atoms with Gasteiger partial charge in [0, 0.05) is 19.1 Å². The molecular formula is C14H26N2O3. The van der Waals surface area contributed by atoms with Crippen molar-refractivity contribution in [3.8, 4) is 0 Å². The molecule has 0 radical (unpaired) electrons. The van der Waals surface area contributed by atoms with E-state index in [1.807, 2.05) is 4.90 Å². The zero-order chi connectivity index (χ0) is 14.3. The molecule has 1 rings (SSSR count). The maximum atomic E-state index is 12.0. The van der Waals surface area contributed by atoms with E-state index in [2.05, 4.69) is 19.2 Å². The zero-order valence-corrected chi connectivity index (χ0v) is 12.3. The molecule has 0 aromatic rings. The molecule has 2 atom stereocenters. The van der Waals surface area contributed by atoms with Gasteiger partial charge in [-0.15, -0.1) is 0 Å². The molecule has 1 N–H and O–H groups in total. The number of unbranched alkanes of at least 4 members (excludes halogenated alkanes) is 1. The lowest BCUT2D eigenvalue weighted by atomic mass is 9.92. The van der Waals surface area contributed by atoms with Crippen molar-refractivity contribution in [2.75, 3.05) is 26.7 Å².